The lowest BCUT2D eigenvalue weighted by Gasteiger charge is -2.06. The molecule has 0 amide bonds. The number of imidazole rings is 2. The fourth-order valence-corrected chi connectivity index (χ4v) is 2.17. The van der Waals surface area contributed by atoms with Crippen LogP contribution < -0.4 is 5.32 Å². The van der Waals surface area contributed by atoms with Gasteiger partial charge < -0.3 is 9.72 Å². The molecular formula is C14H17N5. The van der Waals surface area contributed by atoms with Gasteiger partial charge in [0.25, 0.3) is 0 Å². The number of hydrogen-bond acceptors (Lipinski definition) is 3. The molecule has 98 valence electrons. The summed E-state index contributed by atoms with van der Waals surface area (Å²) in [6.07, 6.45) is 8.65. The molecule has 0 aliphatic heterocycles. The molecule has 0 atom stereocenters. The fraction of sp³-hybridized carbons (Fsp3) is 0.286. The normalized spacial score (nSPS) is 11.2. The van der Waals surface area contributed by atoms with Crippen molar-refractivity contribution < 1.29 is 0 Å². The van der Waals surface area contributed by atoms with Gasteiger partial charge in [0.2, 0.25) is 0 Å². The van der Waals surface area contributed by atoms with E-state index in [2.05, 4.69) is 26.6 Å². The minimum atomic E-state index is 0.798. The highest BCUT2D eigenvalue weighted by Crippen LogP contribution is 2.16. The summed E-state index contributed by atoms with van der Waals surface area (Å²) in [5, 5.41) is 3.44. The second kappa shape index (κ2) is 5.24. The largest absolute Gasteiger partial charge is 0.311 e. The van der Waals surface area contributed by atoms with E-state index in [0.717, 1.165) is 36.7 Å². The molecule has 0 radical (unpaired) electrons. The first-order valence-electron chi connectivity index (χ1n) is 6.55. The summed E-state index contributed by atoms with van der Waals surface area (Å²) in [6, 6.07) is 6.04. The monoisotopic (exact) mass is 255 g/mol. The maximum absolute atomic E-state index is 4.68. The standard InChI is InChI=1S/C14H17N5/c1-2-6-15-10-12-14(18-9-7-16-11-18)17-13-5-3-4-8-19(12)13/h3-5,7-9,11,15H,2,6,10H2,1H3. The summed E-state index contributed by atoms with van der Waals surface area (Å²) in [5.74, 6) is 0.937. The van der Waals surface area contributed by atoms with Crippen molar-refractivity contribution in [1.82, 2.24) is 24.3 Å². The Morgan fingerprint density at radius 3 is 3.00 bits per heavy atom. The Morgan fingerprint density at radius 1 is 1.26 bits per heavy atom. The molecule has 0 saturated carbocycles. The van der Waals surface area contributed by atoms with E-state index in [1.807, 2.05) is 35.2 Å². The number of aromatic nitrogens is 4. The van der Waals surface area contributed by atoms with Gasteiger partial charge in [-0.1, -0.05) is 13.0 Å². The Morgan fingerprint density at radius 2 is 2.21 bits per heavy atom. The highest BCUT2D eigenvalue weighted by atomic mass is 15.2. The second-order valence-corrected chi connectivity index (χ2v) is 4.46. The van der Waals surface area contributed by atoms with E-state index in [0.29, 0.717) is 0 Å². The van der Waals surface area contributed by atoms with Gasteiger partial charge in [0, 0.05) is 25.1 Å². The van der Waals surface area contributed by atoms with Crippen molar-refractivity contribution in [2.24, 2.45) is 0 Å². The zero-order chi connectivity index (χ0) is 13.1. The molecule has 19 heavy (non-hydrogen) atoms. The first-order valence-corrected chi connectivity index (χ1v) is 6.55. The zero-order valence-electron chi connectivity index (χ0n) is 11.0. The summed E-state index contributed by atoms with van der Waals surface area (Å²) in [6.45, 7) is 3.97. The number of nitrogens with zero attached hydrogens (tertiary/aromatic N) is 4. The maximum Gasteiger partial charge on any atom is 0.161 e. The van der Waals surface area contributed by atoms with Crippen molar-refractivity contribution in [3.63, 3.8) is 0 Å². The molecule has 3 aromatic rings. The Labute approximate surface area is 111 Å². The van der Waals surface area contributed by atoms with Gasteiger partial charge in [-0.15, -0.1) is 0 Å². The van der Waals surface area contributed by atoms with Gasteiger partial charge in [-0.25, -0.2) is 9.97 Å². The van der Waals surface area contributed by atoms with Gasteiger partial charge in [-0.05, 0) is 25.1 Å². The molecule has 0 unspecified atom stereocenters. The molecule has 0 aliphatic rings. The third-order valence-corrected chi connectivity index (χ3v) is 3.08. The highest BCUT2D eigenvalue weighted by molar-refractivity contribution is 5.48. The Balaban J connectivity index is 2.06. The number of nitrogens with one attached hydrogen (secondary N) is 1. The van der Waals surface area contributed by atoms with Gasteiger partial charge in [-0.2, -0.15) is 0 Å². The number of rotatable bonds is 5. The van der Waals surface area contributed by atoms with E-state index in [4.69, 9.17) is 0 Å². The van der Waals surface area contributed by atoms with Crippen LogP contribution in [-0.4, -0.2) is 25.5 Å². The van der Waals surface area contributed by atoms with E-state index in [1.54, 1.807) is 12.5 Å². The first-order chi connectivity index (χ1) is 9.40. The average molecular weight is 255 g/mol. The van der Waals surface area contributed by atoms with E-state index < -0.39 is 0 Å². The average Bonchev–Trinajstić information content (AvgIpc) is 3.06. The van der Waals surface area contributed by atoms with Crippen molar-refractivity contribution >= 4 is 5.65 Å². The van der Waals surface area contributed by atoms with Crippen LogP contribution in [0.15, 0.2) is 43.1 Å². The van der Waals surface area contributed by atoms with Crippen molar-refractivity contribution in [3.05, 3.63) is 48.8 Å². The molecule has 0 spiro atoms. The van der Waals surface area contributed by atoms with Crippen LogP contribution >= 0.6 is 0 Å². The first kappa shape index (κ1) is 11.9. The van der Waals surface area contributed by atoms with E-state index in [9.17, 15) is 0 Å². The maximum atomic E-state index is 4.68. The second-order valence-electron chi connectivity index (χ2n) is 4.46. The smallest absolute Gasteiger partial charge is 0.161 e. The molecule has 5 heteroatoms. The third kappa shape index (κ3) is 2.24. The Bertz CT molecular complexity index is 654. The van der Waals surface area contributed by atoms with Crippen LogP contribution in [-0.2, 0) is 6.54 Å². The van der Waals surface area contributed by atoms with Crippen molar-refractivity contribution in [1.29, 1.82) is 0 Å². The summed E-state index contributed by atoms with van der Waals surface area (Å²) in [4.78, 5) is 8.78. The van der Waals surface area contributed by atoms with Gasteiger partial charge in [-0.3, -0.25) is 4.57 Å². The molecule has 0 fully saturated rings. The number of pyridine rings is 1. The van der Waals surface area contributed by atoms with Crippen LogP contribution in [0.2, 0.25) is 0 Å². The molecule has 0 saturated heterocycles. The molecular weight excluding hydrogens is 238 g/mol. The van der Waals surface area contributed by atoms with Crippen LogP contribution in [0, 0.1) is 0 Å². The third-order valence-electron chi connectivity index (χ3n) is 3.08. The predicted octanol–water partition coefficient (Wildman–Crippen LogP) is 2.02. The van der Waals surface area contributed by atoms with E-state index in [1.165, 1.54) is 0 Å². The predicted molar refractivity (Wildman–Crippen MR) is 74.3 cm³/mol. The molecule has 3 heterocycles. The summed E-state index contributed by atoms with van der Waals surface area (Å²) in [5.41, 5.74) is 2.11. The lowest BCUT2D eigenvalue weighted by molar-refractivity contribution is 0.658. The van der Waals surface area contributed by atoms with Crippen LogP contribution in [0.4, 0.5) is 0 Å². The van der Waals surface area contributed by atoms with Crippen molar-refractivity contribution in [2.45, 2.75) is 19.9 Å². The van der Waals surface area contributed by atoms with Crippen LogP contribution in [0.5, 0.6) is 0 Å². The number of hydrogen-bond donors (Lipinski definition) is 1. The quantitative estimate of drug-likeness (QED) is 0.709. The van der Waals surface area contributed by atoms with E-state index >= 15 is 0 Å². The topological polar surface area (TPSA) is 47.2 Å². The number of fused-ring (bicyclic) bond motifs is 1. The zero-order valence-corrected chi connectivity index (χ0v) is 11.0. The summed E-state index contributed by atoms with van der Waals surface area (Å²) in [7, 11) is 0. The van der Waals surface area contributed by atoms with Gasteiger partial charge in [0.1, 0.15) is 12.0 Å². The Kier molecular flexibility index (Phi) is 3.29. The van der Waals surface area contributed by atoms with Crippen LogP contribution in [0.1, 0.15) is 19.0 Å². The van der Waals surface area contributed by atoms with Gasteiger partial charge in [0.05, 0.1) is 5.69 Å². The highest BCUT2D eigenvalue weighted by Gasteiger charge is 2.12. The molecule has 0 aromatic carbocycles. The van der Waals surface area contributed by atoms with Gasteiger partial charge in [0.15, 0.2) is 5.82 Å². The lowest BCUT2D eigenvalue weighted by Crippen LogP contribution is -2.16. The summed E-state index contributed by atoms with van der Waals surface area (Å²) < 4.78 is 4.08. The van der Waals surface area contributed by atoms with Crippen LogP contribution in [0.25, 0.3) is 11.5 Å². The molecule has 3 rings (SSSR count). The molecule has 0 bridgehead atoms. The lowest BCUT2D eigenvalue weighted by atomic mass is 10.3. The minimum Gasteiger partial charge on any atom is -0.311 e. The molecule has 1 N–H and O–H groups in total. The van der Waals surface area contributed by atoms with Gasteiger partial charge >= 0.3 is 0 Å². The Hall–Kier alpha value is -2.14. The SMILES string of the molecule is CCCNCc1c(-n2ccnc2)nc2ccccn12. The minimum absolute atomic E-state index is 0.798. The summed E-state index contributed by atoms with van der Waals surface area (Å²) >= 11 is 0. The van der Waals surface area contributed by atoms with Crippen molar-refractivity contribution in [3.8, 4) is 5.82 Å². The molecule has 5 nitrogen and oxygen atoms in total. The van der Waals surface area contributed by atoms with E-state index in [-0.39, 0.29) is 0 Å². The fourth-order valence-electron chi connectivity index (χ4n) is 2.17. The molecule has 0 aliphatic carbocycles. The van der Waals surface area contributed by atoms with Crippen molar-refractivity contribution in [2.75, 3.05) is 6.54 Å². The molecule has 3 aromatic heterocycles. The van der Waals surface area contributed by atoms with Crippen LogP contribution in [0.3, 0.4) is 0 Å².